The molecule has 0 radical (unpaired) electrons. The van der Waals surface area contributed by atoms with Crippen LogP contribution in [0, 0.1) is 0 Å². The van der Waals surface area contributed by atoms with Crippen LogP contribution in [0.5, 0.6) is 0 Å². The van der Waals surface area contributed by atoms with Crippen molar-refractivity contribution in [2.75, 3.05) is 29.2 Å². The maximum Gasteiger partial charge on any atom is 0.352 e. The molecule has 2 aliphatic rings. The molecular formula is C37H35N11O5S4. The number of carbonyl (C=O) groups is 3. The first-order valence-corrected chi connectivity index (χ1v) is 21.3. The fourth-order valence-electron chi connectivity index (χ4n) is 6.38. The van der Waals surface area contributed by atoms with Gasteiger partial charge in [-0.3, -0.25) is 14.5 Å². The van der Waals surface area contributed by atoms with Crippen molar-refractivity contribution < 1.29 is 24.3 Å². The van der Waals surface area contributed by atoms with Crippen molar-refractivity contribution in [3.63, 3.8) is 0 Å². The molecule has 0 saturated carbocycles. The van der Waals surface area contributed by atoms with E-state index in [-0.39, 0.29) is 29.5 Å². The molecule has 0 spiro atoms. The van der Waals surface area contributed by atoms with Gasteiger partial charge < -0.3 is 26.4 Å². The van der Waals surface area contributed by atoms with Gasteiger partial charge in [-0.1, -0.05) is 108 Å². The van der Waals surface area contributed by atoms with Crippen molar-refractivity contribution in [3.8, 4) is 0 Å². The number of hydrazone groups is 1. The van der Waals surface area contributed by atoms with Gasteiger partial charge in [-0.05, 0) is 32.7 Å². The van der Waals surface area contributed by atoms with Crippen molar-refractivity contribution in [2.45, 2.75) is 22.1 Å². The summed E-state index contributed by atoms with van der Waals surface area (Å²) in [6.45, 7) is 0.119. The van der Waals surface area contributed by atoms with Crippen LogP contribution in [0.3, 0.4) is 0 Å². The van der Waals surface area contributed by atoms with Gasteiger partial charge in [0.2, 0.25) is 5.16 Å². The van der Waals surface area contributed by atoms with E-state index < -0.39 is 34.7 Å². The minimum absolute atomic E-state index is 0.110. The average molecular weight is 842 g/mol. The molecule has 1 fully saturated rings. The quantitative estimate of drug-likeness (QED) is 0.0153. The Bertz CT molecular complexity index is 2210. The predicted octanol–water partition coefficient (Wildman–Crippen LogP) is 3.96. The molecule has 2 amide bonds. The van der Waals surface area contributed by atoms with Crippen LogP contribution < -0.4 is 16.5 Å². The summed E-state index contributed by atoms with van der Waals surface area (Å²) in [6, 6.07) is 29.0. The van der Waals surface area contributed by atoms with E-state index in [9.17, 15) is 19.5 Å². The lowest BCUT2D eigenvalue weighted by Gasteiger charge is -2.49. The molecule has 7 rings (SSSR count). The highest BCUT2D eigenvalue weighted by molar-refractivity contribution is 8.12. The molecule has 0 bridgehead atoms. The smallest absolute Gasteiger partial charge is 0.352 e. The number of anilines is 1. The normalized spacial score (nSPS) is 17.0. The van der Waals surface area contributed by atoms with Crippen molar-refractivity contribution >= 4 is 80.8 Å². The lowest BCUT2D eigenvalue weighted by Crippen LogP contribution is -2.71. The minimum atomic E-state index is -1.24. The molecule has 3 aromatic carbocycles. The Balaban J connectivity index is 1.16. The number of nitrogens with zero attached hydrogens (tertiary/aromatic N) is 8. The van der Waals surface area contributed by atoms with Crippen LogP contribution in [0.4, 0.5) is 5.13 Å². The molecule has 292 valence electrons. The molecule has 0 aliphatic carbocycles. The van der Waals surface area contributed by atoms with Crippen LogP contribution >= 0.6 is 46.6 Å². The highest BCUT2D eigenvalue weighted by Crippen LogP contribution is 2.42. The lowest BCUT2D eigenvalue weighted by molar-refractivity contribution is -0.150. The number of β-lactam (4-membered cyclic amide) rings is 1. The summed E-state index contributed by atoms with van der Waals surface area (Å²) in [7, 11) is 1.68. The van der Waals surface area contributed by atoms with E-state index >= 15 is 0 Å². The van der Waals surface area contributed by atoms with Crippen LogP contribution in [0.25, 0.3) is 0 Å². The number of aromatic nitrogens is 5. The number of carboxylic acids is 1. The van der Waals surface area contributed by atoms with Crippen LogP contribution in [0.2, 0.25) is 0 Å². The summed E-state index contributed by atoms with van der Waals surface area (Å²) >= 11 is 5.21. The summed E-state index contributed by atoms with van der Waals surface area (Å²) < 4.78 is 1.48. The summed E-state index contributed by atoms with van der Waals surface area (Å²) in [5.74, 6) is 3.73. The number of carbonyl (C=O) groups excluding carboxylic acids is 2. The van der Waals surface area contributed by atoms with Gasteiger partial charge in [-0.15, -0.1) is 40.0 Å². The summed E-state index contributed by atoms with van der Waals surface area (Å²) in [6.07, 6.45) is 0. The number of tetrazole rings is 1. The van der Waals surface area contributed by atoms with Gasteiger partial charge >= 0.3 is 5.97 Å². The van der Waals surface area contributed by atoms with Crippen LogP contribution in [-0.2, 0) is 31.8 Å². The highest BCUT2D eigenvalue weighted by Gasteiger charge is 2.54. The van der Waals surface area contributed by atoms with Gasteiger partial charge in [0.1, 0.15) is 35.0 Å². The van der Waals surface area contributed by atoms with Gasteiger partial charge in [0.25, 0.3) is 11.8 Å². The van der Waals surface area contributed by atoms with Gasteiger partial charge in [-0.25, -0.2) is 14.5 Å². The summed E-state index contributed by atoms with van der Waals surface area (Å²) in [5.41, 5.74) is 3.97. The maximum atomic E-state index is 14.1. The Hall–Kier alpha value is -5.70. The van der Waals surface area contributed by atoms with Crippen molar-refractivity contribution in [1.82, 2.24) is 35.4 Å². The number of amides is 2. The third-order valence-electron chi connectivity index (χ3n) is 8.95. The number of oxime groups is 1. The van der Waals surface area contributed by atoms with Crippen LogP contribution in [0.15, 0.2) is 123 Å². The topological polar surface area (TPSA) is 215 Å². The number of thioether (sulfide) groups is 3. The number of aliphatic carboxylic acids is 1. The van der Waals surface area contributed by atoms with Crippen LogP contribution in [0.1, 0.15) is 22.4 Å². The first-order valence-electron chi connectivity index (χ1n) is 17.3. The zero-order valence-electron chi connectivity index (χ0n) is 30.2. The molecule has 57 heavy (non-hydrogen) atoms. The number of rotatable bonds is 17. The molecular weight excluding hydrogens is 807 g/mol. The number of thiazole rings is 1. The predicted molar refractivity (Wildman–Crippen MR) is 222 cm³/mol. The van der Waals surface area contributed by atoms with Crippen molar-refractivity contribution in [1.29, 1.82) is 0 Å². The Morgan fingerprint density at radius 2 is 1.70 bits per heavy atom. The van der Waals surface area contributed by atoms with Crippen molar-refractivity contribution in [3.05, 3.63) is 130 Å². The Labute approximate surface area is 343 Å². The average Bonchev–Trinajstić information content (AvgIpc) is 3.89. The molecule has 5 aromatic rings. The van der Waals surface area contributed by atoms with E-state index in [1.807, 2.05) is 91.0 Å². The van der Waals surface area contributed by atoms with Crippen molar-refractivity contribution in [2.24, 2.45) is 23.1 Å². The zero-order valence-corrected chi connectivity index (χ0v) is 33.4. The van der Waals surface area contributed by atoms with Crippen LogP contribution in [-0.4, -0.2) is 99.5 Å². The molecule has 5 N–H and O–H groups in total. The molecule has 1 saturated heterocycles. The number of fused-ring (bicyclic) bond motifs is 1. The number of hydrogen-bond donors (Lipinski definition) is 4. The lowest BCUT2D eigenvalue weighted by atomic mass is 9.77. The fourth-order valence-corrected chi connectivity index (χ4v) is 9.82. The van der Waals surface area contributed by atoms with E-state index in [2.05, 4.69) is 36.4 Å². The second-order valence-corrected chi connectivity index (χ2v) is 16.3. The monoisotopic (exact) mass is 841 g/mol. The van der Waals surface area contributed by atoms with E-state index in [0.717, 1.165) is 16.7 Å². The molecule has 2 atom stereocenters. The Morgan fingerprint density at radius 1 is 1.05 bits per heavy atom. The largest absolute Gasteiger partial charge is 0.477 e. The van der Waals surface area contributed by atoms with Gasteiger partial charge in [0.15, 0.2) is 10.8 Å². The van der Waals surface area contributed by atoms with E-state index in [4.69, 9.17) is 15.7 Å². The van der Waals surface area contributed by atoms with E-state index in [0.29, 0.717) is 27.4 Å². The second-order valence-electron chi connectivity index (χ2n) is 12.4. The SMILES string of the molecule is Cn1nnnc1SCC1=C(C(=O)O)N2C(=O)C(NC(=O)C(=NOCCSC=NN)c3csc(NC(c4ccccc4)(c4ccccc4)c4ccccc4)n3)[C@H]2SC1. The molecule has 16 nitrogen and oxygen atoms in total. The summed E-state index contributed by atoms with van der Waals surface area (Å²) in [4.78, 5) is 51.8. The van der Waals surface area contributed by atoms with E-state index in [1.165, 1.54) is 61.8 Å². The zero-order chi connectivity index (χ0) is 39.8. The van der Waals surface area contributed by atoms with Gasteiger partial charge in [0, 0.05) is 29.7 Å². The van der Waals surface area contributed by atoms with Gasteiger partial charge in [-0.2, -0.15) is 5.10 Å². The number of benzene rings is 3. The first-order chi connectivity index (χ1) is 27.8. The third kappa shape index (κ3) is 8.38. The van der Waals surface area contributed by atoms with E-state index in [1.54, 1.807) is 12.4 Å². The number of nitrogens with two attached hydrogens (primary N) is 1. The summed E-state index contributed by atoms with van der Waals surface area (Å²) in [5, 5.41) is 37.7. The molecule has 20 heteroatoms. The number of nitrogens with one attached hydrogen (secondary N) is 2. The Morgan fingerprint density at radius 3 is 2.28 bits per heavy atom. The Kier molecular flexibility index (Phi) is 12.5. The molecule has 4 heterocycles. The molecule has 2 aliphatic heterocycles. The third-order valence-corrected chi connectivity index (χ3v) is 12.8. The number of hydrogen-bond acceptors (Lipinski definition) is 16. The fraction of sp³-hybridized carbons (Fsp3) is 0.216. The second kappa shape index (κ2) is 18.0. The molecule has 1 unspecified atom stereocenters. The number of carboxylic acid groups (broad SMARTS) is 1. The number of aryl methyl sites for hydroxylation is 1. The highest BCUT2D eigenvalue weighted by atomic mass is 32.2. The molecule has 2 aromatic heterocycles. The first kappa shape index (κ1) is 39.5. The standard InChI is InChI=1S/C37H35N11O5S4/c1-47-36(43-45-46-47)57-20-23-19-55-33-29(32(50)48(33)30(23)34(51)52)41-31(49)28(44-53-17-18-54-22-39-38)27-21-56-35(40-27)42-37(24-11-5-2-6-12-24,25-13-7-3-8-14-25)26-15-9-4-10-16-26/h2-16,21-22,29,33H,17-20,38H2,1H3,(H,40,42)(H,41,49)(H,51,52)/t29?,33-/m1/s1. The maximum absolute atomic E-state index is 14.1. The minimum Gasteiger partial charge on any atom is -0.477 e. The van der Waals surface area contributed by atoms with Gasteiger partial charge in [0.05, 0.1) is 5.55 Å².